The number of carbonyl (C=O) groups excluding carboxylic acids is 1. The lowest BCUT2D eigenvalue weighted by Crippen LogP contribution is -2.06. The number of aromatic nitrogens is 4. The summed E-state index contributed by atoms with van der Waals surface area (Å²) in [5, 5.41) is 0. The van der Waals surface area contributed by atoms with Gasteiger partial charge < -0.3 is 13.9 Å². The molecule has 10 heteroatoms. The van der Waals surface area contributed by atoms with Crippen LogP contribution in [0.3, 0.4) is 0 Å². The van der Waals surface area contributed by atoms with E-state index in [1.165, 1.54) is 19.1 Å². The number of esters is 1. The molecule has 4 rings (SSSR count). The minimum atomic E-state index is -2.92. The lowest BCUT2D eigenvalue weighted by atomic mass is 10.1. The molecule has 4 aromatic rings. The highest BCUT2D eigenvalue weighted by Crippen LogP contribution is 2.28. The number of benzene rings is 1. The number of rotatable bonds is 7. The van der Waals surface area contributed by atoms with Gasteiger partial charge in [0.05, 0.1) is 12.3 Å². The van der Waals surface area contributed by atoms with Crippen LogP contribution < -0.4 is 4.74 Å². The van der Waals surface area contributed by atoms with E-state index < -0.39 is 12.4 Å². The van der Waals surface area contributed by atoms with Crippen LogP contribution in [0.5, 0.6) is 5.75 Å². The first kappa shape index (κ1) is 27.6. The predicted octanol–water partition coefficient (Wildman–Crippen LogP) is 6.12. The second kappa shape index (κ2) is 12.3. The van der Waals surface area contributed by atoms with Crippen molar-refractivity contribution in [3.05, 3.63) is 77.5 Å². The van der Waals surface area contributed by atoms with Gasteiger partial charge in [0.2, 0.25) is 0 Å². The summed E-state index contributed by atoms with van der Waals surface area (Å²) in [6.07, 6.45) is 5.14. The molecule has 1 aromatic carbocycles. The van der Waals surface area contributed by atoms with Crippen molar-refractivity contribution in [2.75, 3.05) is 6.61 Å². The number of hydrogen-bond donors (Lipinski definition) is 0. The smallest absolute Gasteiger partial charge is 0.387 e. The SMILES string of the molecule is CCOC(C)=O.Cc1nc2cc(F)c(-c3cnc(C(C)C)nc3)cn2c1Cc1ccccc1OC(F)F. The Morgan fingerprint density at radius 1 is 1.14 bits per heavy atom. The monoisotopic (exact) mass is 514 g/mol. The molecular weight excluding hydrogens is 485 g/mol. The number of carbonyl (C=O) groups is 1. The third-order valence-electron chi connectivity index (χ3n) is 5.40. The fourth-order valence-electron chi connectivity index (χ4n) is 3.68. The van der Waals surface area contributed by atoms with Crippen LogP contribution in [0.4, 0.5) is 13.2 Å². The van der Waals surface area contributed by atoms with Crippen LogP contribution in [0.1, 0.15) is 56.4 Å². The van der Waals surface area contributed by atoms with Crippen molar-refractivity contribution in [2.45, 2.75) is 53.6 Å². The van der Waals surface area contributed by atoms with Crippen molar-refractivity contribution < 1.29 is 27.4 Å². The van der Waals surface area contributed by atoms with Gasteiger partial charge in [-0.1, -0.05) is 32.0 Å². The van der Waals surface area contributed by atoms with E-state index in [9.17, 15) is 18.0 Å². The summed E-state index contributed by atoms with van der Waals surface area (Å²) >= 11 is 0. The van der Waals surface area contributed by atoms with Gasteiger partial charge in [-0.05, 0) is 19.9 Å². The van der Waals surface area contributed by atoms with Crippen LogP contribution in [0, 0.1) is 12.7 Å². The molecule has 0 spiro atoms. The summed E-state index contributed by atoms with van der Waals surface area (Å²) in [5.41, 5.74) is 3.32. The number of hydrogen-bond acceptors (Lipinski definition) is 6. The van der Waals surface area contributed by atoms with Crippen LogP contribution in [-0.4, -0.2) is 38.5 Å². The maximum Gasteiger partial charge on any atom is 0.387 e. The molecule has 0 amide bonds. The van der Waals surface area contributed by atoms with Gasteiger partial charge in [-0.3, -0.25) is 4.79 Å². The molecule has 0 aliphatic carbocycles. The minimum absolute atomic E-state index is 0.104. The molecule has 0 fully saturated rings. The molecule has 7 nitrogen and oxygen atoms in total. The van der Waals surface area contributed by atoms with Crippen LogP contribution in [0.25, 0.3) is 16.8 Å². The van der Waals surface area contributed by atoms with Crippen LogP contribution in [0.2, 0.25) is 0 Å². The Balaban J connectivity index is 0.000000568. The van der Waals surface area contributed by atoms with Crippen molar-refractivity contribution in [2.24, 2.45) is 0 Å². The molecule has 0 unspecified atom stereocenters. The third-order valence-corrected chi connectivity index (χ3v) is 5.40. The average molecular weight is 515 g/mol. The molecule has 3 heterocycles. The predicted molar refractivity (Wildman–Crippen MR) is 133 cm³/mol. The quantitative estimate of drug-likeness (QED) is 0.276. The van der Waals surface area contributed by atoms with E-state index in [1.807, 2.05) is 13.8 Å². The summed E-state index contributed by atoms with van der Waals surface area (Å²) in [6.45, 7) is 6.51. The molecule has 0 atom stereocenters. The second-order valence-corrected chi connectivity index (χ2v) is 8.48. The van der Waals surface area contributed by atoms with Crippen molar-refractivity contribution in [3.8, 4) is 16.9 Å². The van der Waals surface area contributed by atoms with E-state index in [2.05, 4.69) is 24.4 Å². The Kier molecular flexibility index (Phi) is 9.21. The molecule has 3 aromatic heterocycles. The molecule has 0 bridgehead atoms. The number of para-hydroxylation sites is 1. The standard InChI is InChI=1S/C23H21F3N4O.C4H8O2/c1-13(2)22-27-10-16(11-28-22)17-12-30-19(14(3)29-21(30)9-18(17)24)8-15-6-4-5-7-20(15)31-23(25)26;1-3-6-4(2)5/h4-7,9-13,23H,8H2,1-3H3;3H2,1-2H3. The summed E-state index contributed by atoms with van der Waals surface area (Å²) in [7, 11) is 0. The highest BCUT2D eigenvalue weighted by atomic mass is 19.3. The first-order valence-corrected chi connectivity index (χ1v) is 11.8. The van der Waals surface area contributed by atoms with Gasteiger partial charge in [-0.2, -0.15) is 8.78 Å². The maximum absolute atomic E-state index is 14.8. The summed E-state index contributed by atoms with van der Waals surface area (Å²) in [6, 6.07) is 7.96. The molecule has 0 saturated heterocycles. The van der Waals surface area contributed by atoms with Gasteiger partial charge in [0.15, 0.2) is 0 Å². The van der Waals surface area contributed by atoms with Crippen LogP contribution >= 0.6 is 0 Å². The Morgan fingerprint density at radius 3 is 2.38 bits per heavy atom. The highest BCUT2D eigenvalue weighted by molar-refractivity contribution is 5.66. The normalized spacial score (nSPS) is 11.0. The zero-order chi connectivity index (χ0) is 27.1. The third kappa shape index (κ3) is 7.05. The van der Waals surface area contributed by atoms with E-state index in [0.717, 1.165) is 5.69 Å². The zero-order valence-electron chi connectivity index (χ0n) is 21.3. The number of nitrogens with zero attached hydrogens (tertiary/aromatic N) is 4. The Labute approximate surface area is 213 Å². The Bertz CT molecular complexity index is 1360. The van der Waals surface area contributed by atoms with Crippen molar-refractivity contribution >= 4 is 11.6 Å². The number of fused-ring (bicyclic) bond motifs is 1. The number of halogens is 3. The van der Waals surface area contributed by atoms with E-state index in [-0.39, 0.29) is 17.6 Å². The van der Waals surface area contributed by atoms with Gasteiger partial charge in [0.1, 0.15) is 23.0 Å². The average Bonchev–Trinajstić information content (AvgIpc) is 3.13. The molecule has 0 N–H and O–H groups in total. The van der Waals surface area contributed by atoms with Gasteiger partial charge in [-0.15, -0.1) is 0 Å². The number of pyridine rings is 1. The molecule has 0 aliphatic heterocycles. The number of alkyl halides is 2. The van der Waals surface area contributed by atoms with Crippen molar-refractivity contribution in [3.63, 3.8) is 0 Å². The largest absolute Gasteiger partial charge is 0.466 e. The summed E-state index contributed by atoms with van der Waals surface area (Å²) in [5.74, 6) is 0.301. The van der Waals surface area contributed by atoms with E-state index >= 15 is 0 Å². The number of ether oxygens (including phenoxy) is 2. The highest BCUT2D eigenvalue weighted by Gasteiger charge is 2.17. The molecule has 0 aliphatic rings. The summed E-state index contributed by atoms with van der Waals surface area (Å²) in [4.78, 5) is 22.9. The van der Waals surface area contributed by atoms with Crippen molar-refractivity contribution in [1.29, 1.82) is 0 Å². The maximum atomic E-state index is 14.8. The summed E-state index contributed by atoms with van der Waals surface area (Å²) < 4.78 is 51.2. The van der Waals surface area contributed by atoms with Crippen molar-refractivity contribution in [1.82, 2.24) is 19.4 Å². The van der Waals surface area contributed by atoms with Gasteiger partial charge in [-0.25, -0.2) is 19.3 Å². The second-order valence-electron chi connectivity index (χ2n) is 8.48. The molecule has 37 heavy (non-hydrogen) atoms. The lowest BCUT2D eigenvalue weighted by molar-refractivity contribution is -0.140. The first-order valence-electron chi connectivity index (χ1n) is 11.8. The van der Waals surface area contributed by atoms with E-state index in [4.69, 9.17) is 0 Å². The Hall–Kier alpha value is -3.95. The zero-order valence-corrected chi connectivity index (χ0v) is 21.3. The Morgan fingerprint density at radius 2 is 1.81 bits per heavy atom. The first-order chi connectivity index (χ1) is 17.6. The van der Waals surface area contributed by atoms with Gasteiger partial charge in [0.25, 0.3) is 0 Å². The fraction of sp³-hybridized carbons (Fsp3) is 0.333. The van der Waals surface area contributed by atoms with Crippen LogP contribution in [0.15, 0.2) is 48.9 Å². The van der Waals surface area contributed by atoms with Gasteiger partial charge in [0, 0.05) is 66.3 Å². The number of aryl methyl sites for hydroxylation is 1. The molecule has 0 saturated carbocycles. The van der Waals surface area contributed by atoms with Gasteiger partial charge >= 0.3 is 12.6 Å². The molecule has 196 valence electrons. The van der Waals surface area contributed by atoms with E-state index in [0.29, 0.717) is 46.9 Å². The fourth-order valence-corrected chi connectivity index (χ4v) is 3.68. The van der Waals surface area contributed by atoms with E-state index in [1.54, 1.807) is 55.0 Å². The lowest BCUT2D eigenvalue weighted by Gasteiger charge is -2.12. The minimum Gasteiger partial charge on any atom is -0.466 e. The number of imidazole rings is 1. The topological polar surface area (TPSA) is 78.6 Å². The van der Waals surface area contributed by atoms with Crippen LogP contribution in [-0.2, 0) is 16.0 Å². The molecular formula is C27H29F3N4O3. The molecule has 0 radical (unpaired) electrons.